The summed E-state index contributed by atoms with van der Waals surface area (Å²) >= 11 is 0. The number of aliphatic hydroxyl groups excluding tert-OH is 2. The largest absolute Gasteiger partial charge is 0.478 e. The molecule has 2 heterocycles. The third-order valence-corrected chi connectivity index (χ3v) is 3.66. The second-order valence-electron chi connectivity index (χ2n) is 6.03. The molecule has 0 saturated heterocycles. The molecule has 2 aromatic carbocycles. The Bertz CT molecular complexity index is 957. The van der Waals surface area contributed by atoms with Gasteiger partial charge in [-0.25, -0.2) is 9.59 Å². The van der Waals surface area contributed by atoms with Crippen LogP contribution >= 0.6 is 0 Å². The van der Waals surface area contributed by atoms with Gasteiger partial charge in [0.2, 0.25) is 0 Å². The van der Waals surface area contributed by atoms with E-state index < -0.39 is 24.5 Å². The molecule has 214 valence electrons. The van der Waals surface area contributed by atoms with Gasteiger partial charge in [0.25, 0.3) is 0 Å². The minimum atomic E-state index is -1.52. The quantitative estimate of drug-likeness (QED) is 0.0992. The van der Waals surface area contributed by atoms with E-state index >= 15 is 0 Å². The van der Waals surface area contributed by atoms with Crippen molar-refractivity contribution in [3.05, 3.63) is 108 Å². The summed E-state index contributed by atoms with van der Waals surface area (Å²) in [5.41, 5.74) is 0.804. The van der Waals surface area contributed by atoms with Crippen molar-refractivity contribution in [1.82, 2.24) is 19.9 Å². The standard InChI is InChI=1S/C8H10O4.C8H6O4.2C3H3N2.3H2O.5Zn/c2*9-7(10)5-1-2-6(4-3-5)8(11)12;2*1-2-5-3-4-1;;;;;;;;/h1-4,7-12H;1-4H,(H,9,10)(H,11,12);2*1-3H;3*1H2;;;;;/q;;2*-1;;;;;;;;. The van der Waals surface area contributed by atoms with Gasteiger partial charge in [0, 0.05) is 109 Å². The molecule has 20 heteroatoms. The summed E-state index contributed by atoms with van der Waals surface area (Å²) in [6.45, 7) is 0. The minimum Gasteiger partial charge on any atom is -0.478 e. The van der Waals surface area contributed by atoms with E-state index in [9.17, 15) is 9.59 Å². The van der Waals surface area contributed by atoms with E-state index in [4.69, 9.17) is 30.6 Å². The number of benzene rings is 2. The summed E-state index contributed by atoms with van der Waals surface area (Å²) in [6, 6.07) is 10.7. The first-order chi connectivity index (χ1) is 16.2. The number of aromatic nitrogens is 4. The van der Waals surface area contributed by atoms with Crippen LogP contribution in [0.3, 0.4) is 0 Å². The summed E-state index contributed by atoms with van der Waals surface area (Å²) in [4.78, 5) is 35.1. The topological polar surface area (TPSA) is 304 Å². The number of aromatic carboxylic acids is 2. The fraction of sp³-hybridized carbons (Fsp3) is 0.0909. The van der Waals surface area contributed by atoms with Gasteiger partial charge in [-0.15, -0.1) is 0 Å². The molecule has 4 aromatic rings. The van der Waals surface area contributed by atoms with Crippen LogP contribution in [0.2, 0.25) is 0 Å². The Labute approximate surface area is 304 Å². The number of hydrogen-bond acceptors (Lipinski definition) is 8. The first kappa shape index (κ1) is 59.9. The van der Waals surface area contributed by atoms with Gasteiger partial charge >= 0.3 is 11.9 Å². The smallest absolute Gasteiger partial charge is 0.335 e. The number of carbonyl (C=O) groups is 2. The molecule has 2 aromatic heterocycles. The summed E-state index contributed by atoms with van der Waals surface area (Å²) in [7, 11) is 0. The maximum Gasteiger partial charge on any atom is 0.335 e. The van der Waals surface area contributed by atoms with Crippen LogP contribution in [-0.4, -0.2) is 69.0 Å². The molecule has 0 amide bonds. The van der Waals surface area contributed by atoms with Gasteiger partial charge in [-0.05, 0) is 24.3 Å². The average Bonchev–Trinajstić information content (AvgIpc) is 3.59. The summed E-state index contributed by atoms with van der Waals surface area (Å²) in [5, 5.41) is 51.7. The number of rotatable bonds is 4. The first-order valence-corrected chi connectivity index (χ1v) is 9.34. The molecule has 0 spiro atoms. The third-order valence-electron chi connectivity index (χ3n) is 3.66. The molecule has 12 N–H and O–H groups in total. The van der Waals surface area contributed by atoms with Crippen molar-refractivity contribution in [1.29, 1.82) is 0 Å². The number of nitrogens with zero attached hydrogens (tertiary/aromatic N) is 4. The number of aliphatic hydroxyl groups is 4. The summed E-state index contributed by atoms with van der Waals surface area (Å²) in [5.74, 6) is -2.13. The Morgan fingerprint density at radius 3 is 0.929 bits per heavy atom. The predicted molar refractivity (Wildman–Crippen MR) is 127 cm³/mol. The van der Waals surface area contributed by atoms with Crippen LogP contribution in [0.25, 0.3) is 0 Å². The average molecular weight is 851 g/mol. The van der Waals surface area contributed by atoms with Crippen molar-refractivity contribution in [3.8, 4) is 0 Å². The van der Waals surface area contributed by atoms with Crippen LogP contribution in [0.15, 0.2) is 86.0 Å². The van der Waals surface area contributed by atoms with Gasteiger partial charge in [0.1, 0.15) is 0 Å². The van der Waals surface area contributed by atoms with Gasteiger partial charge in [0.15, 0.2) is 12.6 Å². The fourth-order valence-corrected chi connectivity index (χ4v) is 1.98. The van der Waals surface area contributed by atoms with E-state index in [-0.39, 0.29) is 125 Å². The van der Waals surface area contributed by atoms with Crippen LogP contribution in [0.1, 0.15) is 44.4 Å². The second-order valence-corrected chi connectivity index (χ2v) is 6.03. The van der Waals surface area contributed by atoms with E-state index in [1.165, 1.54) is 61.2 Å². The molecule has 42 heavy (non-hydrogen) atoms. The molecule has 0 atom stereocenters. The van der Waals surface area contributed by atoms with Gasteiger partial charge < -0.3 is 67.0 Å². The Hall–Kier alpha value is -1.36. The van der Waals surface area contributed by atoms with E-state index in [1.54, 1.807) is 24.8 Å². The van der Waals surface area contributed by atoms with Crippen molar-refractivity contribution >= 4 is 11.9 Å². The maximum atomic E-state index is 10.3. The van der Waals surface area contributed by atoms with Gasteiger partial charge in [-0.1, -0.05) is 61.7 Å². The Kier molecular flexibility index (Phi) is 51.1. The number of carboxylic acid groups (broad SMARTS) is 2. The summed E-state index contributed by atoms with van der Waals surface area (Å²) in [6.07, 6.45) is 6.52. The van der Waals surface area contributed by atoms with E-state index in [0.29, 0.717) is 11.1 Å². The first-order valence-electron chi connectivity index (χ1n) is 9.34. The van der Waals surface area contributed by atoms with Crippen LogP contribution < -0.4 is 9.97 Å². The zero-order valence-electron chi connectivity index (χ0n) is 22.6. The zero-order valence-corrected chi connectivity index (χ0v) is 37.4. The Balaban J connectivity index is -0.0000000606. The zero-order chi connectivity index (χ0) is 25.3. The Morgan fingerprint density at radius 2 is 0.810 bits per heavy atom. The molecule has 0 aliphatic carbocycles. The fourth-order valence-electron chi connectivity index (χ4n) is 1.98. The molecule has 0 saturated carbocycles. The Morgan fingerprint density at radius 1 is 0.548 bits per heavy atom. The maximum absolute atomic E-state index is 10.3. The monoisotopic (exact) mass is 844 g/mol. The van der Waals surface area contributed by atoms with Gasteiger partial charge in [-0.2, -0.15) is 0 Å². The van der Waals surface area contributed by atoms with E-state index in [2.05, 4.69) is 19.9 Å². The molecule has 0 radical (unpaired) electrons. The van der Waals surface area contributed by atoms with Gasteiger partial charge in [0.05, 0.1) is 11.1 Å². The van der Waals surface area contributed by atoms with Crippen molar-refractivity contribution in [2.75, 3.05) is 0 Å². The number of hydrogen-bond donors (Lipinski definition) is 6. The molecule has 0 aliphatic rings. The third kappa shape index (κ3) is 27.5. The normalized spacial score (nSPS) is 7.76. The van der Waals surface area contributed by atoms with Crippen LogP contribution in [0.4, 0.5) is 0 Å². The van der Waals surface area contributed by atoms with Crippen molar-refractivity contribution in [2.24, 2.45) is 0 Å². The minimum absolute atomic E-state index is 0. The molecule has 0 aliphatic heterocycles. The van der Waals surface area contributed by atoms with Crippen LogP contribution in [0.5, 0.6) is 0 Å². The van der Waals surface area contributed by atoms with Crippen molar-refractivity contribution in [2.45, 2.75) is 12.6 Å². The molecule has 0 unspecified atom stereocenters. The van der Waals surface area contributed by atoms with Crippen molar-refractivity contribution < 1.29 is 154 Å². The number of imidazole rings is 2. The van der Waals surface area contributed by atoms with Crippen LogP contribution in [-0.2, 0) is 97.4 Å². The molecule has 4 rings (SSSR count). The van der Waals surface area contributed by atoms with Gasteiger partial charge in [-0.3, -0.25) is 0 Å². The van der Waals surface area contributed by atoms with E-state index in [1.807, 2.05) is 0 Å². The molecular formula is C22H28N4O11Zn5-2. The molecule has 15 nitrogen and oxygen atoms in total. The van der Waals surface area contributed by atoms with E-state index in [0.717, 1.165) is 0 Å². The second kappa shape index (κ2) is 35.8. The molecule has 0 bridgehead atoms. The number of carboxylic acids is 2. The molecule has 0 fully saturated rings. The SMILES string of the molecule is O.O.O.O=C(O)c1ccc(C(=O)O)cc1.OC(O)c1ccc(C(O)O)cc1.[Zn].[Zn].[Zn].[Zn].[Zn].c1c[n-]cn1.c1c[n-]cn1. The summed E-state index contributed by atoms with van der Waals surface area (Å²) < 4.78 is 0. The predicted octanol–water partition coefficient (Wildman–Crippen LogP) is -1.67. The molecular weight excluding hydrogens is 823 g/mol. The van der Waals surface area contributed by atoms with Crippen molar-refractivity contribution in [3.63, 3.8) is 0 Å². The van der Waals surface area contributed by atoms with Crippen LogP contribution in [0, 0.1) is 0 Å².